The second-order valence-electron chi connectivity index (χ2n) is 4.49. The fraction of sp³-hybridized carbons (Fsp3) is 0.455. The third-order valence-electron chi connectivity index (χ3n) is 2.69. The highest BCUT2D eigenvalue weighted by atomic mass is 32.2. The van der Waals surface area contributed by atoms with Crippen LogP contribution in [0.25, 0.3) is 0 Å². The molecule has 0 saturated heterocycles. The summed E-state index contributed by atoms with van der Waals surface area (Å²) in [6.07, 6.45) is 1.01. The van der Waals surface area contributed by atoms with Crippen LogP contribution in [-0.2, 0) is 20.0 Å². The smallest absolute Gasteiger partial charge is 0.241 e. The van der Waals surface area contributed by atoms with Gasteiger partial charge in [-0.25, -0.2) is 26.3 Å². The molecule has 0 aliphatic rings. The van der Waals surface area contributed by atoms with Crippen LogP contribution in [0.4, 0.5) is 5.69 Å². The molecule has 0 amide bonds. The van der Waals surface area contributed by atoms with Crippen molar-refractivity contribution in [3.05, 3.63) is 23.3 Å². The van der Waals surface area contributed by atoms with E-state index >= 15 is 0 Å². The van der Waals surface area contributed by atoms with Gasteiger partial charge in [0.15, 0.2) is 0 Å². The first-order valence-corrected chi connectivity index (χ1v) is 9.22. The van der Waals surface area contributed by atoms with Crippen molar-refractivity contribution in [3.8, 4) is 0 Å². The van der Waals surface area contributed by atoms with Crippen LogP contribution in [0.5, 0.6) is 0 Å². The summed E-state index contributed by atoms with van der Waals surface area (Å²) < 4.78 is 50.7. The lowest BCUT2D eigenvalue weighted by atomic mass is 10.1. The highest BCUT2D eigenvalue weighted by Gasteiger charge is 2.20. The molecule has 1 rings (SSSR count). The van der Waals surface area contributed by atoms with E-state index in [4.69, 9.17) is 5.73 Å². The highest BCUT2D eigenvalue weighted by molar-refractivity contribution is 7.89. The number of anilines is 1. The summed E-state index contributed by atoms with van der Waals surface area (Å²) in [6, 6.07) is 3.28. The van der Waals surface area contributed by atoms with E-state index in [9.17, 15) is 16.8 Å². The third-order valence-corrected chi connectivity index (χ3v) is 5.17. The third kappa shape index (κ3) is 4.44. The van der Waals surface area contributed by atoms with Crippen LogP contribution in [0, 0.1) is 13.8 Å². The molecule has 0 spiro atoms. The Morgan fingerprint density at radius 2 is 1.60 bits per heavy atom. The fourth-order valence-corrected chi connectivity index (χ4v) is 3.75. The maximum atomic E-state index is 12.2. The van der Waals surface area contributed by atoms with E-state index in [-0.39, 0.29) is 18.0 Å². The van der Waals surface area contributed by atoms with Gasteiger partial charge in [0, 0.05) is 18.8 Å². The average Bonchev–Trinajstić information content (AvgIpc) is 2.29. The molecule has 7 nitrogen and oxygen atoms in total. The van der Waals surface area contributed by atoms with Crippen LogP contribution in [-0.4, -0.2) is 36.2 Å². The number of hydrogen-bond acceptors (Lipinski definition) is 5. The molecule has 0 fully saturated rings. The Hall–Kier alpha value is -1.16. The van der Waals surface area contributed by atoms with Crippen LogP contribution in [0.2, 0.25) is 0 Å². The summed E-state index contributed by atoms with van der Waals surface area (Å²) in [5, 5.41) is 0. The largest absolute Gasteiger partial charge is 0.398 e. The number of aryl methyl sites for hydroxylation is 1. The Kier molecular flexibility index (Phi) is 5.14. The molecule has 20 heavy (non-hydrogen) atoms. The molecule has 9 heteroatoms. The lowest BCUT2D eigenvalue weighted by Gasteiger charge is -2.13. The van der Waals surface area contributed by atoms with Gasteiger partial charge < -0.3 is 5.73 Å². The molecular weight excluding hydrogens is 302 g/mol. The number of benzene rings is 1. The Morgan fingerprint density at radius 1 is 1.05 bits per heavy atom. The normalized spacial score (nSPS) is 12.6. The van der Waals surface area contributed by atoms with Crippen LogP contribution >= 0.6 is 0 Å². The summed E-state index contributed by atoms with van der Waals surface area (Å²) in [5.74, 6) is 0. The highest BCUT2D eigenvalue weighted by Crippen LogP contribution is 2.24. The van der Waals surface area contributed by atoms with Gasteiger partial charge in [-0.2, -0.15) is 0 Å². The van der Waals surface area contributed by atoms with Gasteiger partial charge in [0.2, 0.25) is 20.0 Å². The Bertz CT molecular complexity index is 697. The minimum atomic E-state index is -3.73. The fourth-order valence-electron chi connectivity index (χ4n) is 1.75. The van der Waals surface area contributed by atoms with E-state index in [1.54, 1.807) is 26.0 Å². The summed E-state index contributed by atoms with van der Waals surface area (Å²) >= 11 is 0. The summed E-state index contributed by atoms with van der Waals surface area (Å²) in [6.45, 7) is 3.25. The van der Waals surface area contributed by atoms with E-state index in [1.807, 2.05) is 0 Å². The lowest BCUT2D eigenvalue weighted by molar-refractivity contribution is 0.572. The number of rotatable bonds is 6. The molecular formula is C11H19N3O4S2. The second-order valence-corrected chi connectivity index (χ2v) is 8.03. The Balaban J connectivity index is 2.88. The maximum absolute atomic E-state index is 12.2. The van der Waals surface area contributed by atoms with E-state index in [0.717, 1.165) is 6.26 Å². The molecule has 0 saturated carbocycles. The van der Waals surface area contributed by atoms with E-state index in [0.29, 0.717) is 16.8 Å². The zero-order chi connectivity index (χ0) is 15.6. The predicted octanol–water partition coefficient (Wildman–Crippen LogP) is -0.287. The topological polar surface area (TPSA) is 118 Å². The number of sulfonamides is 2. The molecule has 1 aromatic carbocycles. The minimum absolute atomic E-state index is 0.0154. The van der Waals surface area contributed by atoms with Gasteiger partial charge in [0.05, 0.1) is 11.2 Å². The monoisotopic (exact) mass is 321 g/mol. The van der Waals surface area contributed by atoms with Gasteiger partial charge in [-0.1, -0.05) is 6.07 Å². The first-order chi connectivity index (χ1) is 9.04. The van der Waals surface area contributed by atoms with Crippen molar-refractivity contribution < 1.29 is 16.8 Å². The van der Waals surface area contributed by atoms with Crippen molar-refractivity contribution in [3.63, 3.8) is 0 Å². The van der Waals surface area contributed by atoms with E-state index < -0.39 is 20.0 Å². The molecule has 0 aliphatic carbocycles. The molecule has 4 N–H and O–H groups in total. The Labute approximate surface area is 119 Å². The average molecular weight is 321 g/mol. The number of nitrogens with one attached hydrogen (secondary N) is 2. The molecule has 114 valence electrons. The SMILES string of the molecule is Cc1ccc(N)c(C)c1S(=O)(=O)NCCNS(C)(=O)=O. The van der Waals surface area contributed by atoms with Gasteiger partial charge in [-0.15, -0.1) is 0 Å². The first-order valence-electron chi connectivity index (χ1n) is 5.84. The van der Waals surface area contributed by atoms with Crippen molar-refractivity contribution in [2.45, 2.75) is 18.7 Å². The number of nitrogens with two attached hydrogens (primary N) is 1. The van der Waals surface area contributed by atoms with E-state index in [1.165, 1.54) is 0 Å². The number of hydrogen-bond donors (Lipinski definition) is 3. The van der Waals surface area contributed by atoms with Crippen LogP contribution < -0.4 is 15.2 Å². The molecule has 0 aliphatic heterocycles. The molecule has 1 aromatic rings. The molecule has 0 unspecified atom stereocenters. The predicted molar refractivity (Wildman–Crippen MR) is 78.4 cm³/mol. The zero-order valence-electron chi connectivity index (χ0n) is 11.6. The standard InChI is InChI=1S/C11H19N3O4S2/c1-8-4-5-10(12)9(2)11(8)20(17,18)14-7-6-13-19(3,15)16/h4-5,13-14H,6-7,12H2,1-3H3. The van der Waals surface area contributed by atoms with Crippen molar-refractivity contribution in [1.29, 1.82) is 0 Å². The van der Waals surface area contributed by atoms with Crippen molar-refractivity contribution in [1.82, 2.24) is 9.44 Å². The minimum Gasteiger partial charge on any atom is -0.398 e. The molecule has 0 aromatic heterocycles. The van der Waals surface area contributed by atoms with Crippen LogP contribution in [0.3, 0.4) is 0 Å². The van der Waals surface area contributed by atoms with Crippen molar-refractivity contribution >= 4 is 25.7 Å². The van der Waals surface area contributed by atoms with Gasteiger partial charge in [0.1, 0.15) is 0 Å². The summed E-state index contributed by atoms with van der Waals surface area (Å²) in [7, 11) is -7.06. The lowest BCUT2D eigenvalue weighted by Crippen LogP contribution is -2.34. The molecule has 0 radical (unpaired) electrons. The van der Waals surface area contributed by atoms with Crippen molar-refractivity contribution in [2.24, 2.45) is 0 Å². The second kappa shape index (κ2) is 6.08. The van der Waals surface area contributed by atoms with Gasteiger partial charge in [0.25, 0.3) is 0 Å². The zero-order valence-corrected chi connectivity index (χ0v) is 13.2. The van der Waals surface area contributed by atoms with Gasteiger partial charge >= 0.3 is 0 Å². The van der Waals surface area contributed by atoms with Crippen LogP contribution in [0.15, 0.2) is 17.0 Å². The maximum Gasteiger partial charge on any atom is 0.241 e. The molecule has 0 heterocycles. The first kappa shape index (κ1) is 16.9. The van der Waals surface area contributed by atoms with Crippen LogP contribution in [0.1, 0.15) is 11.1 Å². The van der Waals surface area contributed by atoms with Gasteiger partial charge in [-0.3, -0.25) is 0 Å². The Morgan fingerprint density at radius 3 is 2.15 bits per heavy atom. The molecule has 0 bridgehead atoms. The summed E-state index contributed by atoms with van der Waals surface area (Å²) in [5.41, 5.74) is 7.17. The summed E-state index contributed by atoms with van der Waals surface area (Å²) in [4.78, 5) is 0.136. The number of nitrogen functional groups attached to an aromatic ring is 1. The van der Waals surface area contributed by atoms with Gasteiger partial charge in [-0.05, 0) is 31.0 Å². The quantitative estimate of drug-likeness (QED) is 0.491. The molecule has 0 atom stereocenters. The van der Waals surface area contributed by atoms with Crippen molar-refractivity contribution in [2.75, 3.05) is 25.1 Å². The van der Waals surface area contributed by atoms with E-state index in [2.05, 4.69) is 9.44 Å².